The number of nitrogens with one attached hydrogen (secondary N) is 1. The van der Waals surface area contributed by atoms with E-state index in [1.165, 1.54) is 0 Å². The number of aromatic nitrogens is 3. The fourth-order valence-corrected chi connectivity index (χ4v) is 2.44. The van der Waals surface area contributed by atoms with Crippen molar-refractivity contribution in [3.05, 3.63) is 41.7 Å². The molecule has 0 saturated carbocycles. The maximum atomic E-state index is 11.9. The van der Waals surface area contributed by atoms with Crippen LogP contribution >= 0.6 is 23.3 Å². The number of benzene rings is 1. The number of carbonyl (C=O) groups is 1. The molecule has 0 unspecified atom stereocenters. The third-order valence-corrected chi connectivity index (χ3v) is 3.47. The molecule has 0 aliphatic rings. The summed E-state index contributed by atoms with van der Waals surface area (Å²) in [4.78, 5) is 15.8. The molecule has 3 rings (SSSR count). The Morgan fingerprint density at radius 3 is 3.05 bits per heavy atom. The van der Waals surface area contributed by atoms with Gasteiger partial charge in [0.05, 0.1) is 17.4 Å². The van der Waals surface area contributed by atoms with Crippen molar-refractivity contribution in [1.82, 2.24) is 13.7 Å². The van der Waals surface area contributed by atoms with Crippen LogP contribution in [0, 0.1) is 0 Å². The van der Waals surface area contributed by atoms with Crippen molar-refractivity contribution in [1.29, 1.82) is 0 Å². The molecule has 0 spiro atoms. The second-order valence-electron chi connectivity index (χ2n) is 4.07. The molecule has 0 aliphatic heterocycles. The molecule has 3 aromatic rings. The molecule has 6 nitrogen and oxygen atoms in total. The highest BCUT2D eigenvalue weighted by molar-refractivity contribution is 7.00. The number of anilines is 1. The van der Waals surface area contributed by atoms with Gasteiger partial charge >= 0.3 is 0 Å². The van der Waals surface area contributed by atoms with E-state index in [0.717, 1.165) is 17.2 Å². The Labute approximate surface area is 129 Å². The molecule has 8 heteroatoms. The predicted molar refractivity (Wildman–Crippen MR) is 80.8 cm³/mol. The first-order chi connectivity index (χ1) is 10.2. The highest BCUT2D eigenvalue weighted by atomic mass is 35.5. The smallest absolute Gasteiger partial charge is 0.262 e. The summed E-state index contributed by atoms with van der Waals surface area (Å²) in [5, 5.41) is 2.96. The highest BCUT2D eigenvalue weighted by Crippen LogP contribution is 2.22. The molecular formula is C13H9ClN4O2S. The summed E-state index contributed by atoms with van der Waals surface area (Å²) >= 11 is 6.94. The molecule has 1 N–H and O–H groups in total. The fourth-order valence-electron chi connectivity index (χ4n) is 1.72. The lowest BCUT2D eigenvalue weighted by atomic mass is 10.2. The summed E-state index contributed by atoms with van der Waals surface area (Å²) in [6, 6.07) is 8.73. The van der Waals surface area contributed by atoms with E-state index in [0.29, 0.717) is 17.0 Å². The third-order valence-electron chi connectivity index (χ3n) is 2.64. The van der Waals surface area contributed by atoms with E-state index in [9.17, 15) is 4.79 Å². The summed E-state index contributed by atoms with van der Waals surface area (Å²) < 4.78 is 13.6. The zero-order chi connectivity index (χ0) is 14.7. The SMILES string of the molecule is O=C(COc1cccnc1Cl)Nc1cccc2nsnc12. The number of hydrogen-bond acceptors (Lipinski definition) is 6. The van der Waals surface area contributed by atoms with E-state index < -0.39 is 0 Å². The van der Waals surface area contributed by atoms with Crippen LogP contribution in [0.25, 0.3) is 11.0 Å². The Bertz CT molecular complexity index is 792. The molecule has 2 aromatic heterocycles. The minimum atomic E-state index is -0.310. The van der Waals surface area contributed by atoms with Crippen molar-refractivity contribution in [3.8, 4) is 5.75 Å². The van der Waals surface area contributed by atoms with Crippen LogP contribution in [-0.2, 0) is 4.79 Å². The Morgan fingerprint density at radius 1 is 1.29 bits per heavy atom. The number of fused-ring (bicyclic) bond motifs is 1. The maximum Gasteiger partial charge on any atom is 0.262 e. The van der Waals surface area contributed by atoms with Gasteiger partial charge in [0, 0.05) is 6.20 Å². The number of amides is 1. The summed E-state index contributed by atoms with van der Waals surface area (Å²) in [5.41, 5.74) is 2.01. The van der Waals surface area contributed by atoms with E-state index >= 15 is 0 Å². The van der Waals surface area contributed by atoms with Crippen LogP contribution in [0.15, 0.2) is 36.5 Å². The summed E-state index contributed by atoms with van der Waals surface area (Å²) in [5.74, 6) is 0.0540. The van der Waals surface area contributed by atoms with Gasteiger partial charge in [-0.15, -0.1) is 0 Å². The van der Waals surface area contributed by atoms with E-state index in [-0.39, 0.29) is 17.7 Å². The number of carbonyl (C=O) groups excluding carboxylic acids is 1. The number of ether oxygens (including phenoxy) is 1. The van der Waals surface area contributed by atoms with E-state index in [2.05, 4.69) is 19.0 Å². The van der Waals surface area contributed by atoms with Gasteiger partial charge in [-0.1, -0.05) is 17.7 Å². The molecule has 1 aromatic carbocycles. The molecule has 106 valence electrons. The van der Waals surface area contributed by atoms with Crippen molar-refractivity contribution >= 4 is 46.0 Å². The first kappa shape index (κ1) is 13.7. The molecule has 21 heavy (non-hydrogen) atoms. The average Bonchev–Trinajstić information content (AvgIpc) is 2.96. The van der Waals surface area contributed by atoms with Gasteiger partial charge in [0.1, 0.15) is 11.0 Å². The van der Waals surface area contributed by atoms with E-state index in [4.69, 9.17) is 16.3 Å². The van der Waals surface area contributed by atoms with Crippen molar-refractivity contribution in [2.45, 2.75) is 0 Å². The van der Waals surface area contributed by atoms with E-state index in [1.54, 1.807) is 30.5 Å². The highest BCUT2D eigenvalue weighted by Gasteiger charge is 2.10. The van der Waals surface area contributed by atoms with E-state index in [1.807, 2.05) is 6.07 Å². The maximum absolute atomic E-state index is 11.9. The summed E-state index contributed by atoms with van der Waals surface area (Å²) in [6.07, 6.45) is 1.55. The van der Waals surface area contributed by atoms with Crippen molar-refractivity contribution in [3.63, 3.8) is 0 Å². The van der Waals surface area contributed by atoms with Crippen LogP contribution in [-0.4, -0.2) is 26.2 Å². The Balaban J connectivity index is 1.67. The molecule has 1 amide bonds. The fraction of sp³-hybridized carbons (Fsp3) is 0.0769. The van der Waals surface area contributed by atoms with Crippen LogP contribution < -0.4 is 10.1 Å². The minimum Gasteiger partial charge on any atom is -0.481 e. The predicted octanol–water partition coefficient (Wildman–Crippen LogP) is 2.76. The van der Waals surface area contributed by atoms with Crippen LogP contribution in [0.1, 0.15) is 0 Å². The lowest BCUT2D eigenvalue weighted by molar-refractivity contribution is -0.118. The zero-order valence-corrected chi connectivity index (χ0v) is 12.2. The molecule has 2 heterocycles. The number of pyridine rings is 1. The largest absolute Gasteiger partial charge is 0.481 e. The lowest BCUT2D eigenvalue weighted by Crippen LogP contribution is -2.20. The van der Waals surface area contributed by atoms with Crippen molar-refractivity contribution in [2.24, 2.45) is 0 Å². The van der Waals surface area contributed by atoms with Crippen LogP contribution in [0.4, 0.5) is 5.69 Å². The quantitative estimate of drug-likeness (QED) is 0.748. The molecule has 0 aliphatic carbocycles. The zero-order valence-electron chi connectivity index (χ0n) is 10.6. The second kappa shape index (κ2) is 6.02. The monoisotopic (exact) mass is 320 g/mol. The van der Waals surface area contributed by atoms with Gasteiger partial charge in [-0.05, 0) is 24.3 Å². The Morgan fingerprint density at radius 2 is 2.19 bits per heavy atom. The first-order valence-corrected chi connectivity index (χ1v) is 7.09. The van der Waals surface area contributed by atoms with Gasteiger partial charge in [0.15, 0.2) is 17.5 Å². The molecule has 0 atom stereocenters. The molecule has 0 radical (unpaired) electrons. The molecular weight excluding hydrogens is 312 g/mol. The topological polar surface area (TPSA) is 77.0 Å². The normalized spacial score (nSPS) is 10.5. The number of hydrogen-bond donors (Lipinski definition) is 1. The minimum absolute atomic E-state index is 0.167. The molecule has 0 saturated heterocycles. The van der Waals surface area contributed by atoms with Gasteiger partial charge in [-0.3, -0.25) is 4.79 Å². The van der Waals surface area contributed by atoms with Gasteiger partial charge in [-0.2, -0.15) is 8.75 Å². The van der Waals surface area contributed by atoms with Crippen LogP contribution in [0.3, 0.4) is 0 Å². The molecule has 0 fully saturated rings. The van der Waals surface area contributed by atoms with Crippen LogP contribution in [0.2, 0.25) is 5.15 Å². The van der Waals surface area contributed by atoms with Crippen LogP contribution in [0.5, 0.6) is 5.75 Å². The number of rotatable bonds is 4. The lowest BCUT2D eigenvalue weighted by Gasteiger charge is -2.08. The Kier molecular flexibility index (Phi) is 3.94. The first-order valence-electron chi connectivity index (χ1n) is 5.98. The van der Waals surface area contributed by atoms with Gasteiger partial charge in [0.2, 0.25) is 0 Å². The van der Waals surface area contributed by atoms with Crippen molar-refractivity contribution in [2.75, 3.05) is 11.9 Å². The summed E-state index contributed by atoms with van der Waals surface area (Å²) in [7, 11) is 0. The van der Waals surface area contributed by atoms with Gasteiger partial charge < -0.3 is 10.1 Å². The summed E-state index contributed by atoms with van der Waals surface area (Å²) in [6.45, 7) is -0.167. The van der Waals surface area contributed by atoms with Gasteiger partial charge in [0.25, 0.3) is 5.91 Å². The number of nitrogens with zero attached hydrogens (tertiary/aromatic N) is 3. The van der Waals surface area contributed by atoms with Crippen molar-refractivity contribution < 1.29 is 9.53 Å². The third kappa shape index (κ3) is 3.09. The Hall–Kier alpha value is -2.25. The second-order valence-corrected chi connectivity index (χ2v) is 4.95. The molecule has 0 bridgehead atoms. The number of halogens is 1. The van der Waals surface area contributed by atoms with Gasteiger partial charge in [-0.25, -0.2) is 4.98 Å². The average molecular weight is 321 g/mol. The standard InChI is InChI=1S/C13H9ClN4O2S/c14-13-10(5-2-6-15-13)20-7-11(19)16-8-3-1-4-9-12(8)18-21-17-9/h1-6H,7H2,(H,16,19).